The van der Waals surface area contributed by atoms with Crippen molar-refractivity contribution in [2.24, 2.45) is 0 Å². The first-order chi connectivity index (χ1) is 14.6. The van der Waals surface area contributed by atoms with Gasteiger partial charge in [-0.05, 0) is 36.4 Å². The standard InChI is InChI=1S/C19H20N4O5S3/c1-22(2)31(27,28)17-9-7-16(8-10-17)30(25,26)21-18-5-3-4-6-19(18)23(14-24)12-15-11-20-13-29-15/h3-11,13-14,21H,12H2,1-2H3. The summed E-state index contributed by atoms with van der Waals surface area (Å²) in [4.78, 5) is 17.7. The fourth-order valence-corrected chi connectivity index (χ4v) is 5.25. The van der Waals surface area contributed by atoms with Crippen molar-refractivity contribution in [3.8, 4) is 0 Å². The summed E-state index contributed by atoms with van der Waals surface area (Å²) in [6, 6.07) is 11.4. The molecule has 0 aliphatic rings. The highest BCUT2D eigenvalue weighted by atomic mass is 32.2. The summed E-state index contributed by atoms with van der Waals surface area (Å²) in [6.07, 6.45) is 2.26. The van der Waals surface area contributed by atoms with E-state index in [4.69, 9.17) is 0 Å². The number of nitrogens with zero attached hydrogens (tertiary/aromatic N) is 3. The van der Waals surface area contributed by atoms with Gasteiger partial charge in [-0.25, -0.2) is 21.1 Å². The molecule has 0 spiro atoms. The molecule has 2 aromatic carbocycles. The van der Waals surface area contributed by atoms with E-state index in [1.54, 1.807) is 36.0 Å². The first-order valence-corrected chi connectivity index (χ1v) is 12.7. The van der Waals surface area contributed by atoms with Crippen molar-refractivity contribution in [2.75, 3.05) is 23.7 Å². The Morgan fingerprint density at radius 3 is 2.23 bits per heavy atom. The number of carbonyl (C=O) groups excluding carboxylic acids is 1. The number of nitrogens with one attached hydrogen (secondary N) is 1. The molecule has 1 aromatic heterocycles. The summed E-state index contributed by atoms with van der Waals surface area (Å²) in [5.74, 6) is 0. The molecule has 3 rings (SSSR count). The Bertz CT molecular complexity index is 1260. The molecule has 0 radical (unpaired) electrons. The van der Waals surface area contributed by atoms with Gasteiger partial charge in [-0.2, -0.15) is 0 Å². The zero-order valence-electron chi connectivity index (χ0n) is 16.7. The molecule has 1 amide bonds. The number of carbonyl (C=O) groups is 1. The number of anilines is 2. The van der Waals surface area contributed by atoms with Crippen LogP contribution in [0.1, 0.15) is 4.88 Å². The van der Waals surface area contributed by atoms with E-state index >= 15 is 0 Å². The number of hydrogen-bond acceptors (Lipinski definition) is 7. The third-order valence-electron chi connectivity index (χ3n) is 4.31. The summed E-state index contributed by atoms with van der Waals surface area (Å²) >= 11 is 1.38. The van der Waals surface area contributed by atoms with Crippen LogP contribution in [0.2, 0.25) is 0 Å². The molecule has 0 fully saturated rings. The van der Waals surface area contributed by atoms with Gasteiger partial charge in [0.2, 0.25) is 16.4 Å². The van der Waals surface area contributed by atoms with E-state index in [1.165, 1.54) is 54.6 Å². The predicted molar refractivity (Wildman–Crippen MR) is 119 cm³/mol. The molecule has 0 unspecified atom stereocenters. The molecule has 1 N–H and O–H groups in total. The lowest BCUT2D eigenvalue weighted by Crippen LogP contribution is -2.23. The molecule has 3 aromatic rings. The number of rotatable bonds is 9. The van der Waals surface area contributed by atoms with Crippen molar-refractivity contribution in [3.05, 3.63) is 65.1 Å². The molecule has 9 nitrogen and oxygen atoms in total. The number of hydrogen-bond donors (Lipinski definition) is 1. The normalized spacial score (nSPS) is 12.0. The van der Waals surface area contributed by atoms with Crippen molar-refractivity contribution in [1.29, 1.82) is 0 Å². The third kappa shape index (κ3) is 5.10. The quantitative estimate of drug-likeness (QED) is 0.470. The van der Waals surface area contributed by atoms with E-state index in [2.05, 4.69) is 9.71 Å². The molecule has 1 heterocycles. The van der Waals surface area contributed by atoms with Crippen LogP contribution in [0.3, 0.4) is 0 Å². The van der Waals surface area contributed by atoms with Gasteiger partial charge in [-0.1, -0.05) is 12.1 Å². The fraction of sp³-hybridized carbons (Fsp3) is 0.158. The highest BCUT2D eigenvalue weighted by molar-refractivity contribution is 7.92. The SMILES string of the molecule is CN(C)S(=O)(=O)c1ccc(S(=O)(=O)Nc2ccccc2N(C=O)Cc2cncs2)cc1. The fourth-order valence-electron chi connectivity index (χ4n) is 2.68. The number of amides is 1. The second-order valence-corrected chi connectivity index (χ2v) is 11.4. The number of aromatic nitrogens is 1. The van der Waals surface area contributed by atoms with E-state index in [0.29, 0.717) is 12.1 Å². The van der Waals surface area contributed by atoms with Gasteiger partial charge in [0.25, 0.3) is 10.0 Å². The minimum atomic E-state index is -4.03. The van der Waals surface area contributed by atoms with Crippen LogP contribution in [0.4, 0.5) is 11.4 Å². The van der Waals surface area contributed by atoms with Gasteiger partial charge >= 0.3 is 0 Å². The number of sulfonamides is 2. The van der Waals surface area contributed by atoms with E-state index < -0.39 is 20.0 Å². The Labute approximate surface area is 185 Å². The minimum absolute atomic E-state index is 0.0199. The molecule has 0 saturated heterocycles. The molecule has 0 bridgehead atoms. The van der Waals surface area contributed by atoms with Gasteiger partial charge in [0, 0.05) is 25.2 Å². The van der Waals surface area contributed by atoms with E-state index in [1.807, 2.05) is 0 Å². The maximum Gasteiger partial charge on any atom is 0.261 e. The molecule has 0 saturated carbocycles. The van der Waals surface area contributed by atoms with Crippen molar-refractivity contribution in [1.82, 2.24) is 9.29 Å². The first kappa shape index (κ1) is 22.9. The lowest BCUT2D eigenvalue weighted by molar-refractivity contribution is -0.107. The lowest BCUT2D eigenvalue weighted by Gasteiger charge is -2.21. The van der Waals surface area contributed by atoms with Crippen LogP contribution in [0.25, 0.3) is 0 Å². The van der Waals surface area contributed by atoms with Gasteiger partial charge in [-0.15, -0.1) is 11.3 Å². The summed E-state index contributed by atoms with van der Waals surface area (Å²) < 4.78 is 53.7. The van der Waals surface area contributed by atoms with Crippen molar-refractivity contribution in [3.63, 3.8) is 0 Å². The molecule has 0 aliphatic heterocycles. The van der Waals surface area contributed by atoms with Crippen LogP contribution in [0.5, 0.6) is 0 Å². The third-order valence-corrected chi connectivity index (χ3v) is 8.28. The van der Waals surface area contributed by atoms with Gasteiger partial charge in [0.05, 0.1) is 33.2 Å². The smallest absolute Gasteiger partial charge is 0.261 e. The number of para-hydroxylation sites is 2. The van der Waals surface area contributed by atoms with Gasteiger partial charge in [0.15, 0.2) is 0 Å². The monoisotopic (exact) mass is 480 g/mol. The summed E-state index contributed by atoms with van der Waals surface area (Å²) in [7, 11) is -4.92. The topological polar surface area (TPSA) is 117 Å². The predicted octanol–water partition coefficient (Wildman–Crippen LogP) is 2.36. The molecule has 12 heteroatoms. The molecule has 31 heavy (non-hydrogen) atoms. The van der Waals surface area contributed by atoms with Crippen molar-refractivity contribution >= 4 is 49.2 Å². The highest BCUT2D eigenvalue weighted by Gasteiger charge is 2.21. The Hall–Kier alpha value is -2.80. The summed E-state index contributed by atoms with van der Waals surface area (Å²) in [5.41, 5.74) is 2.23. The molecular formula is C19H20N4O5S3. The van der Waals surface area contributed by atoms with Crippen LogP contribution in [-0.2, 0) is 31.4 Å². The van der Waals surface area contributed by atoms with Gasteiger partial charge in [0.1, 0.15) is 0 Å². The van der Waals surface area contributed by atoms with Crippen LogP contribution in [0.15, 0.2) is 70.0 Å². The van der Waals surface area contributed by atoms with E-state index in [-0.39, 0.29) is 22.0 Å². The molecule has 0 aliphatic carbocycles. The Morgan fingerprint density at radius 2 is 1.65 bits per heavy atom. The average molecular weight is 481 g/mol. The van der Waals surface area contributed by atoms with Gasteiger partial charge in [-0.3, -0.25) is 14.5 Å². The van der Waals surface area contributed by atoms with Crippen molar-refractivity contribution in [2.45, 2.75) is 16.3 Å². The highest BCUT2D eigenvalue weighted by Crippen LogP contribution is 2.29. The van der Waals surface area contributed by atoms with Gasteiger partial charge < -0.3 is 4.90 Å². The average Bonchev–Trinajstić information content (AvgIpc) is 3.25. The summed E-state index contributed by atoms with van der Waals surface area (Å²) in [5, 5.41) is 0. The molecule has 0 atom stereocenters. The first-order valence-electron chi connectivity index (χ1n) is 8.89. The Kier molecular flexibility index (Phi) is 6.74. The largest absolute Gasteiger partial charge is 0.308 e. The minimum Gasteiger partial charge on any atom is -0.308 e. The zero-order valence-corrected chi connectivity index (χ0v) is 19.1. The summed E-state index contributed by atoms with van der Waals surface area (Å²) in [6.45, 7) is 0.240. The van der Waals surface area contributed by atoms with Crippen LogP contribution in [-0.4, -0.2) is 46.6 Å². The molecule has 164 valence electrons. The van der Waals surface area contributed by atoms with Crippen LogP contribution < -0.4 is 9.62 Å². The van der Waals surface area contributed by atoms with E-state index in [9.17, 15) is 21.6 Å². The lowest BCUT2D eigenvalue weighted by atomic mass is 10.2. The molecular weight excluding hydrogens is 460 g/mol. The van der Waals surface area contributed by atoms with Crippen LogP contribution in [0, 0.1) is 0 Å². The van der Waals surface area contributed by atoms with Crippen molar-refractivity contribution < 1.29 is 21.6 Å². The van der Waals surface area contributed by atoms with Crippen LogP contribution >= 0.6 is 11.3 Å². The Morgan fingerprint density at radius 1 is 1.00 bits per heavy atom. The maximum atomic E-state index is 12.9. The second kappa shape index (κ2) is 9.14. The van der Waals surface area contributed by atoms with E-state index in [0.717, 1.165) is 9.18 Å². The number of benzene rings is 2. The Balaban J connectivity index is 1.89. The second-order valence-electron chi connectivity index (χ2n) is 6.58. The number of thiazole rings is 1. The zero-order chi connectivity index (χ0) is 22.6. The maximum absolute atomic E-state index is 12.9.